The molecule has 0 saturated carbocycles. The van der Waals surface area contributed by atoms with Gasteiger partial charge in [-0.05, 0) is 23.6 Å². The third kappa shape index (κ3) is 3.75. The molecule has 26 heavy (non-hydrogen) atoms. The lowest BCUT2D eigenvalue weighted by Crippen LogP contribution is -2.21. The van der Waals surface area contributed by atoms with Crippen LogP contribution in [0, 0.1) is 0 Å². The molecule has 3 aromatic rings. The van der Waals surface area contributed by atoms with Gasteiger partial charge in [0, 0.05) is 17.1 Å². The number of methoxy groups -OCH3 is 1. The molecule has 2 N–H and O–H groups in total. The number of nitrogens with one attached hydrogen (secondary N) is 1. The highest BCUT2D eigenvalue weighted by atomic mass is 16.5. The van der Waals surface area contributed by atoms with E-state index in [1.165, 1.54) is 13.2 Å². The summed E-state index contributed by atoms with van der Waals surface area (Å²) in [4.78, 5) is 23.7. The Hall–Kier alpha value is -3.54. The van der Waals surface area contributed by atoms with Gasteiger partial charge in [-0.3, -0.25) is 4.79 Å². The van der Waals surface area contributed by atoms with E-state index in [9.17, 15) is 14.7 Å². The van der Waals surface area contributed by atoms with Gasteiger partial charge in [0.1, 0.15) is 17.1 Å². The van der Waals surface area contributed by atoms with Crippen LogP contribution < -0.4 is 14.8 Å². The number of fused-ring (bicyclic) bond motifs is 1. The Balaban J connectivity index is 1.79. The second kappa shape index (κ2) is 7.57. The van der Waals surface area contributed by atoms with Crippen molar-refractivity contribution in [1.29, 1.82) is 0 Å². The second-order valence-electron chi connectivity index (χ2n) is 5.54. The van der Waals surface area contributed by atoms with Crippen molar-refractivity contribution in [2.45, 2.75) is 0 Å². The van der Waals surface area contributed by atoms with E-state index >= 15 is 0 Å². The van der Waals surface area contributed by atoms with Gasteiger partial charge in [-0.15, -0.1) is 0 Å². The lowest BCUT2D eigenvalue weighted by molar-refractivity contribution is -0.118. The minimum atomic E-state index is -1.11. The fourth-order valence-electron chi connectivity index (χ4n) is 2.60. The van der Waals surface area contributed by atoms with Crippen molar-refractivity contribution in [2.24, 2.45) is 0 Å². The summed E-state index contributed by atoms with van der Waals surface area (Å²) in [6, 6.07) is 17.4. The predicted octanol–water partition coefficient (Wildman–Crippen LogP) is 3.56. The first-order chi connectivity index (χ1) is 12.6. The van der Waals surface area contributed by atoms with Gasteiger partial charge in [0.15, 0.2) is 6.61 Å². The van der Waals surface area contributed by atoms with Crippen LogP contribution in [0.5, 0.6) is 11.5 Å². The number of carboxylic acid groups (broad SMARTS) is 1. The SMILES string of the molecule is COc1cccc(NC(=O)COc2c(C(=O)O)ccc3ccccc23)c1. The molecule has 0 aliphatic carbocycles. The Morgan fingerprint density at radius 2 is 1.85 bits per heavy atom. The zero-order valence-corrected chi connectivity index (χ0v) is 14.1. The first-order valence-corrected chi connectivity index (χ1v) is 7.90. The van der Waals surface area contributed by atoms with Gasteiger partial charge in [0.25, 0.3) is 5.91 Å². The molecular formula is C20H17NO5. The third-order valence-corrected chi connectivity index (χ3v) is 3.81. The van der Waals surface area contributed by atoms with Crippen molar-refractivity contribution in [2.75, 3.05) is 19.0 Å². The number of ether oxygens (including phenoxy) is 2. The number of amides is 1. The van der Waals surface area contributed by atoms with Crippen LogP contribution in [0.2, 0.25) is 0 Å². The first kappa shape index (κ1) is 17.3. The van der Waals surface area contributed by atoms with Gasteiger partial charge in [-0.25, -0.2) is 4.79 Å². The van der Waals surface area contributed by atoms with E-state index in [0.29, 0.717) is 16.8 Å². The highest BCUT2D eigenvalue weighted by Gasteiger charge is 2.16. The molecule has 0 radical (unpaired) electrons. The molecule has 3 rings (SSSR count). The number of benzene rings is 3. The molecule has 0 atom stereocenters. The van der Waals surface area contributed by atoms with Crippen molar-refractivity contribution < 1.29 is 24.2 Å². The average molecular weight is 351 g/mol. The van der Waals surface area contributed by atoms with Crippen LogP contribution in [0.1, 0.15) is 10.4 Å². The summed E-state index contributed by atoms with van der Waals surface area (Å²) in [5.41, 5.74) is 0.576. The molecule has 0 fully saturated rings. The second-order valence-corrected chi connectivity index (χ2v) is 5.54. The number of carbonyl (C=O) groups excluding carboxylic acids is 1. The van der Waals surface area contributed by atoms with Gasteiger partial charge in [-0.2, -0.15) is 0 Å². The number of aromatic carboxylic acids is 1. The molecular weight excluding hydrogens is 334 g/mol. The van der Waals surface area contributed by atoms with Gasteiger partial charge in [0.05, 0.1) is 7.11 Å². The molecule has 6 heteroatoms. The minimum absolute atomic E-state index is 0.0119. The molecule has 3 aromatic carbocycles. The van der Waals surface area contributed by atoms with Crippen molar-refractivity contribution >= 4 is 28.3 Å². The van der Waals surface area contributed by atoms with E-state index in [0.717, 1.165) is 5.39 Å². The van der Waals surface area contributed by atoms with Gasteiger partial charge in [-0.1, -0.05) is 36.4 Å². The van der Waals surface area contributed by atoms with Crippen LogP contribution in [-0.4, -0.2) is 30.7 Å². The van der Waals surface area contributed by atoms with E-state index in [4.69, 9.17) is 9.47 Å². The lowest BCUT2D eigenvalue weighted by atomic mass is 10.1. The number of anilines is 1. The van der Waals surface area contributed by atoms with Crippen LogP contribution in [-0.2, 0) is 4.79 Å². The number of hydrogen-bond acceptors (Lipinski definition) is 4. The standard InChI is InChI=1S/C20H17NO5/c1-25-15-7-4-6-14(11-15)21-18(22)12-26-19-16-8-3-2-5-13(16)9-10-17(19)20(23)24/h2-11H,12H2,1H3,(H,21,22)(H,23,24). The van der Waals surface area contributed by atoms with Crippen molar-refractivity contribution in [3.8, 4) is 11.5 Å². The Bertz CT molecular complexity index is 967. The van der Waals surface area contributed by atoms with Crippen molar-refractivity contribution in [3.05, 3.63) is 66.2 Å². The Labute approximate surface area is 150 Å². The van der Waals surface area contributed by atoms with E-state index < -0.39 is 11.9 Å². The molecule has 0 aliphatic heterocycles. The summed E-state index contributed by atoms with van der Waals surface area (Å²) in [7, 11) is 1.54. The Morgan fingerprint density at radius 3 is 2.62 bits per heavy atom. The topological polar surface area (TPSA) is 84.9 Å². The largest absolute Gasteiger partial charge is 0.497 e. The maximum Gasteiger partial charge on any atom is 0.339 e. The quantitative estimate of drug-likeness (QED) is 0.709. The summed E-state index contributed by atoms with van der Waals surface area (Å²) in [6.07, 6.45) is 0. The number of hydrogen-bond donors (Lipinski definition) is 2. The molecule has 0 saturated heterocycles. The van der Waals surface area contributed by atoms with E-state index in [1.54, 1.807) is 42.5 Å². The monoisotopic (exact) mass is 351 g/mol. The zero-order chi connectivity index (χ0) is 18.5. The van der Waals surface area contributed by atoms with Crippen LogP contribution in [0.15, 0.2) is 60.7 Å². The summed E-state index contributed by atoms with van der Waals surface area (Å²) >= 11 is 0. The van der Waals surface area contributed by atoms with E-state index in [2.05, 4.69) is 5.32 Å². The van der Waals surface area contributed by atoms with E-state index in [-0.39, 0.29) is 17.9 Å². The molecule has 0 heterocycles. The first-order valence-electron chi connectivity index (χ1n) is 7.90. The molecule has 0 aromatic heterocycles. The lowest BCUT2D eigenvalue weighted by Gasteiger charge is -2.13. The van der Waals surface area contributed by atoms with Gasteiger partial charge >= 0.3 is 5.97 Å². The van der Waals surface area contributed by atoms with Crippen molar-refractivity contribution in [3.63, 3.8) is 0 Å². The number of carboxylic acids is 1. The van der Waals surface area contributed by atoms with Crippen LogP contribution in [0.3, 0.4) is 0 Å². The summed E-state index contributed by atoms with van der Waals surface area (Å²) < 4.78 is 10.7. The fourth-order valence-corrected chi connectivity index (χ4v) is 2.60. The normalized spacial score (nSPS) is 10.3. The smallest absolute Gasteiger partial charge is 0.339 e. The number of rotatable bonds is 6. The zero-order valence-electron chi connectivity index (χ0n) is 14.1. The predicted molar refractivity (Wildman–Crippen MR) is 98.0 cm³/mol. The molecule has 0 unspecified atom stereocenters. The molecule has 0 bridgehead atoms. The van der Waals surface area contributed by atoms with E-state index in [1.807, 2.05) is 12.1 Å². The maximum absolute atomic E-state index is 12.2. The molecule has 1 amide bonds. The maximum atomic E-state index is 12.2. The Kier molecular flexibility index (Phi) is 5.03. The van der Waals surface area contributed by atoms with Crippen LogP contribution in [0.25, 0.3) is 10.8 Å². The summed E-state index contributed by atoms with van der Waals surface area (Å²) in [6.45, 7) is -0.314. The molecule has 6 nitrogen and oxygen atoms in total. The van der Waals surface area contributed by atoms with Crippen molar-refractivity contribution in [1.82, 2.24) is 0 Å². The fraction of sp³-hybridized carbons (Fsp3) is 0.100. The molecule has 132 valence electrons. The Morgan fingerprint density at radius 1 is 1.04 bits per heavy atom. The summed E-state index contributed by atoms with van der Waals surface area (Å²) in [5.74, 6) is -0.719. The average Bonchev–Trinajstić information content (AvgIpc) is 2.65. The highest BCUT2D eigenvalue weighted by molar-refractivity contribution is 6.01. The third-order valence-electron chi connectivity index (χ3n) is 3.81. The molecule has 0 spiro atoms. The number of carbonyl (C=O) groups is 2. The summed E-state index contributed by atoms with van der Waals surface area (Å²) in [5, 5.41) is 13.6. The van der Waals surface area contributed by atoms with Gasteiger partial charge in [0.2, 0.25) is 0 Å². The van der Waals surface area contributed by atoms with Crippen LogP contribution in [0.4, 0.5) is 5.69 Å². The minimum Gasteiger partial charge on any atom is -0.497 e. The highest BCUT2D eigenvalue weighted by Crippen LogP contribution is 2.30. The van der Waals surface area contributed by atoms with Gasteiger partial charge < -0.3 is 19.9 Å². The molecule has 0 aliphatic rings. The van der Waals surface area contributed by atoms with Crippen LogP contribution >= 0.6 is 0 Å².